The Morgan fingerprint density at radius 1 is 1.27 bits per heavy atom. The Balaban J connectivity index is 1.76. The zero-order valence-corrected chi connectivity index (χ0v) is 17.6. The Kier molecular flexibility index (Phi) is 6.66. The van der Waals surface area contributed by atoms with Crippen LogP contribution < -0.4 is 16.0 Å². The summed E-state index contributed by atoms with van der Waals surface area (Å²) < 4.78 is 14.4. The number of pyridine rings is 1. The average Bonchev–Trinajstić information content (AvgIpc) is 2.72. The van der Waals surface area contributed by atoms with Crippen LogP contribution in [0.2, 0.25) is 0 Å². The number of nitrogens with one attached hydrogen (secondary N) is 3. The number of piperidine rings is 1. The van der Waals surface area contributed by atoms with Gasteiger partial charge >= 0.3 is 6.03 Å². The predicted octanol–water partition coefficient (Wildman–Crippen LogP) is 3.32. The van der Waals surface area contributed by atoms with Crippen molar-refractivity contribution >= 4 is 23.3 Å². The highest BCUT2D eigenvalue weighted by Crippen LogP contribution is 2.29. The van der Waals surface area contributed by atoms with Crippen molar-refractivity contribution < 1.29 is 14.0 Å². The molecular formula is C22H28FN5O2. The van der Waals surface area contributed by atoms with E-state index in [0.29, 0.717) is 18.7 Å². The van der Waals surface area contributed by atoms with Crippen molar-refractivity contribution in [1.29, 1.82) is 0 Å². The van der Waals surface area contributed by atoms with Gasteiger partial charge in [0, 0.05) is 26.2 Å². The third-order valence-electron chi connectivity index (χ3n) is 5.61. The molecule has 2 heterocycles. The molecule has 1 aliphatic heterocycles. The summed E-state index contributed by atoms with van der Waals surface area (Å²) in [6.45, 7) is 4.99. The summed E-state index contributed by atoms with van der Waals surface area (Å²) in [5.74, 6) is -0.531. The summed E-state index contributed by atoms with van der Waals surface area (Å²) in [5.41, 5.74) is 1.91. The molecule has 0 saturated carbocycles. The number of nitrogens with zero attached hydrogens (tertiary/aromatic N) is 2. The van der Waals surface area contributed by atoms with Crippen LogP contribution in [0.5, 0.6) is 0 Å². The number of aryl methyl sites for hydroxylation is 1. The first-order chi connectivity index (χ1) is 14.3. The molecule has 1 aromatic heterocycles. The number of anilines is 2. The molecule has 1 fully saturated rings. The van der Waals surface area contributed by atoms with Crippen LogP contribution in [0.25, 0.3) is 0 Å². The number of amides is 3. The van der Waals surface area contributed by atoms with E-state index in [1.54, 1.807) is 49.3 Å². The molecule has 1 atom stereocenters. The summed E-state index contributed by atoms with van der Waals surface area (Å²) in [6.07, 6.45) is 3.92. The molecule has 0 aliphatic carbocycles. The van der Waals surface area contributed by atoms with Gasteiger partial charge in [0.2, 0.25) is 5.91 Å². The van der Waals surface area contributed by atoms with Crippen molar-refractivity contribution in [2.24, 2.45) is 0 Å². The molecule has 1 aliphatic rings. The van der Waals surface area contributed by atoms with E-state index in [0.717, 1.165) is 30.6 Å². The Hall–Kier alpha value is -3.00. The van der Waals surface area contributed by atoms with E-state index in [1.807, 2.05) is 6.92 Å². The predicted molar refractivity (Wildman–Crippen MR) is 115 cm³/mol. The number of likely N-dealkylation sites (N-methyl/N-ethyl adjacent to an activating group) is 1. The fraction of sp³-hybridized carbons (Fsp3) is 0.409. The minimum atomic E-state index is -0.549. The highest BCUT2D eigenvalue weighted by molar-refractivity contribution is 5.99. The molecule has 3 amide bonds. The minimum absolute atomic E-state index is 0.00903. The summed E-state index contributed by atoms with van der Waals surface area (Å²) in [5, 5.41) is 8.58. The van der Waals surface area contributed by atoms with Crippen molar-refractivity contribution in [2.75, 3.05) is 30.8 Å². The zero-order chi connectivity index (χ0) is 21.7. The lowest BCUT2D eigenvalue weighted by Gasteiger charge is -2.45. The molecule has 0 bridgehead atoms. The molecule has 0 radical (unpaired) electrons. The van der Waals surface area contributed by atoms with E-state index in [9.17, 15) is 14.0 Å². The van der Waals surface area contributed by atoms with Crippen LogP contribution in [0.4, 0.5) is 20.6 Å². The Morgan fingerprint density at radius 2 is 2.07 bits per heavy atom. The first-order valence-corrected chi connectivity index (χ1v) is 10.0. The smallest absolute Gasteiger partial charge is 0.323 e. The average molecular weight is 413 g/mol. The van der Waals surface area contributed by atoms with Gasteiger partial charge in [0.05, 0.1) is 23.1 Å². The number of hydrogen-bond acceptors (Lipinski definition) is 4. The molecular weight excluding hydrogens is 385 g/mol. The maximum absolute atomic E-state index is 14.4. The van der Waals surface area contributed by atoms with Gasteiger partial charge in [-0.05, 0) is 62.6 Å². The maximum Gasteiger partial charge on any atom is 0.323 e. The second-order valence-electron chi connectivity index (χ2n) is 7.84. The summed E-state index contributed by atoms with van der Waals surface area (Å²) in [7, 11) is 1.81. The topological polar surface area (TPSA) is 86.4 Å². The summed E-state index contributed by atoms with van der Waals surface area (Å²) in [4.78, 5) is 30.3. The van der Waals surface area contributed by atoms with Gasteiger partial charge in [0.1, 0.15) is 5.82 Å². The van der Waals surface area contributed by atoms with Gasteiger partial charge in [-0.2, -0.15) is 0 Å². The van der Waals surface area contributed by atoms with E-state index in [-0.39, 0.29) is 17.1 Å². The second-order valence-corrected chi connectivity index (χ2v) is 7.84. The van der Waals surface area contributed by atoms with E-state index in [4.69, 9.17) is 0 Å². The van der Waals surface area contributed by atoms with Gasteiger partial charge in [-0.1, -0.05) is 6.07 Å². The molecule has 2 aromatic rings. The van der Waals surface area contributed by atoms with Crippen LogP contribution in [-0.2, 0) is 11.2 Å². The molecule has 8 heteroatoms. The summed E-state index contributed by atoms with van der Waals surface area (Å²) in [6, 6.07) is 7.63. The van der Waals surface area contributed by atoms with Crippen molar-refractivity contribution in [3.63, 3.8) is 0 Å². The second kappa shape index (κ2) is 9.21. The molecule has 160 valence electrons. The maximum atomic E-state index is 14.4. The van der Waals surface area contributed by atoms with Crippen LogP contribution >= 0.6 is 0 Å². The summed E-state index contributed by atoms with van der Waals surface area (Å²) >= 11 is 0. The van der Waals surface area contributed by atoms with Gasteiger partial charge in [0.15, 0.2) is 0 Å². The normalized spacial score (nSPS) is 18.5. The number of halogens is 1. The molecule has 3 N–H and O–H groups in total. The molecule has 0 spiro atoms. The van der Waals surface area contributed by atoms with Crippen molar-refractivity contribution in [3.8, 4) is 0 Å². The van der Waals surface area contributed by atoms with Crippen LogP contribution in [0.3, 0.4) is 0 Å². The first kappa shape index (κ1) is 21.7. The number of urea groups is 1. The molecule has 7 nitrogen and oxygen atoms in total. The van der Waals surface area contributed by atoms with Crippen LogP contribution in [-0.4, -0.2) is 47.5 Å². The molecule has 1 aromatic carbocycles. The Bertz CT molecular complexity index is 910. The fourth-order valence-corrected chi connectivity index (χ4v) is 3.83. The number of hydrogen-bond donors (Lipinski definition) is 3. The monoisotopic (exact) mass is 413 g/mol. The van der Waals surface area contributed by atoms with Crippen LogP contribution in [0.15, 0.2) is 36.5 Å². The lowest BCUT2D eigenvalue weighted by molar-refractivity contribution is -0.134. The number of rotatable bonds is 5. The van der Waals surface area contributed by atoms with Crippen molar-refractivity contribution in [1.82, 2.24) is 15.2 Å². The quantitative estimate of drug-likeness (QED) is 0.702. The van der Waals surface area contributed by atoms with Gasteiger partial charge in [-0.15, -0.1) is 0 Å². The van der Waals surface area contributed by atoms with Crippen LogP contribution in [0, 0.1) is 12.7 Å². The number of carbonyl (C=O) groups is 2. The highest BCUT2D eigenvalue weighted by Gasteiger charge is 2.37. The molecule has 1 saturated heterocycles. The van der Waals surface area contributed by atoms with Gasteiger partial charge in [0.25, 0.3) is 0 Å². The van der Waals surface area contributed by atoms with E-state index in [2.05, 4.69) is 20.9 Å². The Labute approximate surface area is 176 Å². The molecule has 0 unspecified atom stereocenters. The van der Waals surface area contributed by atoms with Gasteiger partial charge in [-0.25, -0.2) is 9.18 Å². The number of aromatic nitrogens is 1. The third kappa shape index (κ3) is 5.13. The molecule has 30 heavy (non-hydrogen) atoms. The fourth-order valence-electron chi connectivity index (χ4n) is 3.83. The lowest BCUT2D eigenvalue weighted by Crippen LogP contribution is -2.59. The molecule has 3 rings (SSSR count). The van der Waals surface area contributed by atoms with Crippen molar-refractivity contribution in [2.45, 2.75) is 38.6 Å². The Morgan fingerprint density at radius 3 is 2.70 bits per heavy atom. The van der Waals surface area contributed by atoms with E-state index in [1.165, 1.54) is 6.07 Å². The van der Waals surface area contributed by atoms with Crippen molar-refractivity contribution in [3.05, 3.63) is 53.6 Å². The minimum Gasteiger partial charge on any atom is -0.339 e. The van der Waals surface area contributed by atoms with Gasteiger partial charge in [-0.3, -0.25) is 9.78 Å². The zero-order valence-electron chi connectivity index (χ0n) is 17.6. The standard InChI is InChI=1S/C22H28FN5O2/c1-15-5-7-18(13-25-15)26-21(30)27-20-11-17(6-8-19(20)23)12-22(28(3)16(2)29)9-4-10-24-14-22/h5-8,11,13,24H,4,9-10,12,14H2,1-3H3,(H2,26,27,30)/t22-/m1/s1. The van der Waals surface area contributed by atoms with Gasteiger partial charge < -0.3 is 20.9 Å². The highest BCUT2D eigenvalue weighted by atomic mass is 19.1. The SMILES string of the molecule is CC(=O)N(C)[C@@]1(Cc2ccc(F)c(NC(=O)Nc3ccc(C)nc3)c2)CCCNC1. The largest absolute Gasteiger partial charge is 0.339 e. The van der Waals surface area contributed by atoms with Crippen LogP contribution in [0.1, 0.15) is 31.0 Å². The first-order valence-electron chi connectivity index (χ1n) is 10.0. The van der Waals surface area contributed by atoms with E-state index < -0.39 is 11.8 Å². The van der Waals surface area contributed by atoms with E-state index >= 15 is 0 Å². The third-order valence-corrected chi connectivity index (χ3v) is 5.61. The number of benzene rings is 1. The number of carbonyl (C=O) groups excluding carboxylic acids is 2. The lowest BCUT2D eigenvalue weighted by atomic mass is 9.82.